The lowest BCUT2D eigenvalue weighted by molar-refractivity contribution is 0.127. The SMILES string of the molecule is CCN1CCC(N(C)Cc2ccccc2C(N)=S)CC1. The number of thiocarbonyl (C=S) groups is 1. The fourth-order valence-electron chi connectivity index (χ4n) is 2.97. The zero-order valence-corrected chi connectivity index (χ0v) is 13.3. The van der Waals surface area contributed by atoms with Crippen molar-refractivity contribution in [3.05, 3.63) is 35.4 Å². The molecule has 110 valence electrons. The van der Waals surface area contributed by atoms with E-state index in [0.29, 0.717) is 11.0 Å². The number of rotatable bonds is 5. The Balaban J connectivity index is 1.98. The van der Waals surface area contributed by atoms with Gasteiger partial charge in [0.25, 0.3) is 0 Å². The van der Waals surface area contributed by atoms with Crippen LogP contribution in [-0.4, -0.2) is 47.5 Å². The first-order valence-corrected chi connectivity index (χ1v) is 7.83. The number of likely N-dealkylation sites (tertiary alicyclic amines) is 1. The molecule has 0 aromatic heterocycles. The predicted molar refractivity (Wildman–Crippen MR) is 88.9 cm³/mol. The van der Waals surface area contributed by atoms with Crippen LogP contribution in [-0.2, 0) is 6.54 Å². The Labute approximate surface area is 127 Å². The number of hydrogen-bond donors (Lipinski definition) is 1. The zero-order valence-electron chi connectivity index (χ0n) is 12.5. The fourth-order valence-corrected chi connectivity index (χ4v) is 3.17. The summed E-state index contributed by atoms with van der Waals surface area (Å²) in [7, 11) is 2.21. The van der Waals surface area contributed by atoms with Crippen molar-refractivity contribution >= 4 is 17.2 Å². The molecule has 0 bridgehead atoms. The second-order valence-electron chi connectivity index (χ2n) is 5.60. The van der Waals surface area contributed by atoms with Gasteiger partial charge in [-0.15, -0.1) is 0 Å². The van der Waals surface area contributed by atoms with Crippen LogP contribution >= 0.6 is 12.2 Å². The van der Waals surface area contributed by atoms with Crippen molar-refractivity contribution in [2.24, 2.45) is 5.73 Å². The zero-order chi connectivity index (χ0) is 14.5. The van der Waals surface area contributed by atoms with E-state index in [9.17, 15) is 0 Å². The van der Waals surface area contributed by atoms with Crippen molar-refractivity contribution in [1.29, 1.82) is 0 Å². The average molecular weight is 291 g/mol. The largest absolute Gasteiger partial charge is 0.389 e. The van der Waals surface area contributed by atoms with E-state index in [-0.39, 0.29) is 0 Å². The Bertz CT molecular complexity index is 453. The van der Waals surface area contributed by atoms with Crippen molar-refractivity contribution in [3.8, 4) is 0 Å². The molecule has 20 heavy (non-hydrogen) atoms. The Hall–Kier alpha value is -0.970. The van der Waals surface area contributed by atoms with Gasteiger partial charge in [-0.05, 0) is 45.1 Å². The third kappa shape index (κ3) is 3.78. The molecule has 1 fully saturated rings. The van der Waals surface area contributed by atoms with Crippen LogP contribution in [0, 0.1) is 0 Å². The molecule has 0 radical (unpaired) electrons. The molecule has 1 aliphatic rings. The Morgan fingerprint density at radius 3 is 2.60 bits per heavy atom. The third-order valence-corrected chi connectivity index (χ3v) is 4.55. The minimum atomic E-state index is 0.495. The molecule has 0 atom stereocenters. The second-order valence-corrected chi connectivity index (χ2v) is 6.04. The predicted octanol–water partition coefficient (Wildman–Crippen LogP) is 2.24. The van der Waals surface area contributed by atoms with Crippen molar-refractivity contribution in [2.45, 2.75) is 32.4 Å². The highest BCUT2D eigenvalue weighted by Crippen LogP contribution is 2.19. The van der Waals surface area contributed by atoms with Crippen LogP contribution < -0.4 is 5.73 Å². The molecule has 2 N–H and O–H groups in total. The molecule has 3 nitrogen and oxygen atoms in total. The molecule has 4 heteroatoms. The molecule has 1 heterocycles. The molecule has 0 aliphatic carbocycles. The molecule has 0 spiro atoms. The second kappa shape index (κ2) is 7.16. The number of nitrogens with two attached hydrogens (primary N) is 1. The summed E-state index contributed by atoms with van der Waals surface area (Å²) in [6, 6.07) is 8.87. The lowest BCUT2D eigenvalue weighted by atomic mass is 10.0. The molecule has 0 amide bonds. The van der Waals surface area contributed by atoms with Crippen LogP contribution in [0.15, 0.2) is 24.3 Å². The van der Waals surface area contributed by atoms with Gasteiger partial charge in [0.2, 0.25) is 0 Å². The van der Waals surface area contributed by atoms with Gasteiger partial charge < -0.3 is 10.6 Å². The van der Waals surface area contributed by atoms with Crippen molar-refractivity contribution in [2.75, 3.05) is 26.7 Å². The van der Waals surface area contributed by atoms with E-state index < -0.39 is 0 Å². The van der Waals surface area contributed by atoms with Gasteiger partial charge in [0, 0.05) is 18.2 Å². The Morgan fingerprint density at radius 1 is 1.35 bits per heavy atom. The first-order chi connectivity index (χ1) is 9.61. The minimum absolute atomic E-state index is 0.495. The monoisotopic (exact) mass is 291 g/mol. The molecule has 0 unspecified atom stereocenters. The smallest absolute Gasteiger partial charge is 0.104 e. The molecule has 1 aliphatic heterocycles. The van der Waals surface area contributed by atoms with Crippen molar-refractivity contribution in [1.82, 2.24) is 9.80 Å². The quantitative estimate of drug-likeness (QED) is 0.843. The maximum Gasteiger partial charge on any atom is 0.104 e. The van der Waals surface area contributed by atoms with Crippen LogP contribution in [0.25, 0.3) is 0 Å². The van der Waals surface area contributed by atoms with Gasteiger partial charge in [0.1, 0.15) is 4.99 Å². The van der Waals surface area contributed by atoms with Gasteiger partial charge in [0.05, 0.1) is 0 Å². The summed E-state index contributed by atoms with van der Waals surface area (Å²) >= 11 is 5.14. The van der Waals surface area contributed by atoms with Crippen LogP contribution in [0.2, 0.25) is 0 Å². The molecular formula is C16H25N3S. The van der Waals surface area contributed by atoms with Gasteiger partial charge >= 0.3 is 0 Å². The molecule has 2 rings (SSSR count). The number of nitrogens with zero attached hydrogens (tertiary/aromatic N) is 2. The van der Waals surface area contributed by atoms with E-state index in [2.05, 4.69) is 35.9 Å². The van der Waals surface area contributed by atoms with E-state index in [1.165, 1.54) is 38.0 Å². The van der Waals surface area contributed by atoms with Gasteiger partial charge in [-0.1, -0.05) is 43.4 Å². The van der Waals surface area contributed by atoms with E-state index in [0.717, 1.165) is 12.1 Å². The molecule has 1 aromatic rings. The lowest BCUT2D eigenvalue weighted by Gasteiger charge is -2.36. The highest BCUT2D eigenvalue weighted by Gasteiger charge is 2.22. The van der Waals surface area contributed by atoms with E-state index >= 15 is 0 Å². The van der Waals surface area contributed by atoms with E-state index in [1.807, 2.05) is 12.1 Å². The first kappa shape index (κ1) is 15.4. The van der Waals surface area contributed by atoms with Gasteiger partial charge in [-0.2, -0.15) is 0 Å². The minimum Gasteiger partial charge on any atom is -0.389 e. The molecule has 0 saturated carbocycles. The number of benzene rings is 1. The van der Waals surface area contributed by atoms with Gasteiger partial charge in [-0.3, -0.25) is 4.90 Å². The summed E-state index contributed by atoms with van der Waals surface area (Å²) in [6.07, 6.45) is 2.50. The summed E-state index contributed by atoms with van der Waals surface area (Å²) in [5, 5.41) is 0. The summed E-state index contributed by atoms with van der Waals surface area (Å²) < 4.78 is 0. The molecule has 1 aromatic carbocycles. The normalized spacial score (nSPS) is 17.6. The summed E-state index contributed by atoms with van der Waals surface area (Å²) in [6.45, 7) is 6.75. The molecule has 1 saturated heterocycles. The summed E-state index contributed by atoms with van der Waals surface area (Å²) in [5.41, 5.74) is 8.06. The molecular weight excluding hydrogens is 266 g/mol. The van der Waals surface area contributed by atoms with Crippen LogP contribution in [0.5, 0.6) is 0 Å². The Morgan fingerprint density at radius 2 is 2.00 bits per heavy atom. The Kier molecular flexibility index (Phi) is 5.52. The van der Waals surface area contributed by atoms with E-state index in [4.69, 9.17) is 18.0 Å². The lowest BCUT2D eigenvalue weighted by Crippen LogP contribution is -2.43. The van der Waals surface area contributed by atoms with Gasteiger partial charge in [-0.25, -0.2) is 0 Å². The van der Waals surface area contributed by atoms with Gasteiger partial charge in [0.15, 0.2) is 0 Å². The summed E-state index contributed by atoms with van der Waals surface area (Å²) in [4.78, 5) is 5.46. The fraction of sp³-hybridized carbons (Fsp3) is 0.562. The van der Waals surface area contributed by atoms with Crippen molar-refractivity contribution < 1.29 is 0 Å². The highest BCUT2D eigenvalue weighted by molar-refractivity contribution is 7.80. The van der Waals surface area contributed by atoms with E-state index in [1.54, 1.807) is 0 Å². The highest BCUT2D eigenvalue weighted by atomic mass is 32.1. The van der Waals surface area contributed by atoms with Crippen LogP contribution in [0.1, 0.15) is 30.9 Å². The maximum atomic E-state index is 5.81. The third-order valence-electron chi connectivity index (χ3n) is 4.33. The number of hydrogen-bond acceptors (Lipinski definition) is 3. The number of piperidine rings is 1. The van der Waals surface area contributed by atoms with Crippen LogP contribution in [0.4, 0.5) is 0 Å². The summed E-state index contributed by atoms with van der Waals surface area (Å²) in [5.74, 6) is 0. The topological polar surface area (TPSA) is 32.5 Å². The first-order valence-electron chi connectivity index (χ1n) is 7.42. The van der Waals surface area contributed by atoms with Crippen molar-refractivity contribution in [3.63, 3.8) is 0 Å². The average Bonchev–Trinajstić information content (AvgIpc) is 2.47. The standard InChI is InChI=1S/C16H25N3S/c1-3-19-10-8-14(9-11-19)18(2)12-13-6-4-5-7-15(13)16(17)20/h4-7,14H,3,8-12H2,1-2H3,(H2,17,20). The maximum absolute atomic E-state index is 5.81. The van der Waals surface area contributed by atoms with Crippen LogP contribution in [0.3, 0.4) is 0 Å².